The number of hydrogen-bond acceptors (Lipinski definition) is 5. The minimum Gasteiger partial charge on any atom is -0.368 e. The van der Waals surface area contributed by atoms with Crippen LogP contribution in [0.3, 0.4) is 0 Å². The number of hydrogen-bond donors (Lipinski definition) is 0. The van der Waals surface area contributed by atoms with E-state index in [-0.39, 0.29) is 17.5 Å². The maximum absolute atomic E-state index is 12.7. The maximum atomic E-state index is 12.7. The first-order valence-electron chi connectivity index (χ1n) is 10.2. The van der Waals surface area contributed by atoms with Crippen molar-refractivity contribution in [2.45, 2.75) is 30.8 Å². The van der Waals surface area contributed by atoms with Gasteiger partial charge in [0.25, 0.3) is 10.0 Å². The Morgan fingerprint density at radius 1 is 0.967 bits per heavy atom. The zero-order valence-electron chi connectivity index (χ0n) is 16.8. The Hall–Kier alpha value is -2.10. The van der Waals surface area contributed by atoms with Crippen molar-refractivity contribution in [2.24, 2.45) is 0 Å². The number of anilines is 1. The number of piperidine rings is 1. The summed E-state index contributed by atoms with van der Waals surface area (Å²) in [6, 6.07) is 7.69. The molecule has 2 aromatic rings. The molecule has 0 N–H and O–H groups in total. The predicted molar refractivity (Wildman–Crippen MR) is 115 cm³/mol. The molecule has 4 rings (SSSR count). The van der Waals surface area contributed by atoms with Crippen LogP contribution in [0.2, 0.25) is 5.02 Å². The second-order valence-corrected chi connectivity index (χ2v) is 10.0. The molecule has 1 amide bonds. The summed E-state index contributed by atoms with van der Waals surface area (Å²) in [5.41, 5.74) is 1.09. The zero-order chi connectivity index (χ0) is 21.1. The molecule has 2 fully saturated rings. The van der Waals surface area contributed by atoms with Gasteiger partial charge in [-0.15, -0.1) is 0 Å². The highest BCUT2D eigenvalue weighted by molar-refractivity contribution is 7.89. The molecule has 162 valence electrons. The lowest BCUT2D eigenvalue weighted by atomic mass is 10.2. The Morgan fingerprint density at radius 2 is 1.63 bits per heavy atom. The molecule has 3 heterocycles. The summed E-state index contributed by atoms with van der Waals surface area (Å²) in [7, 11) is -3.58. The third kappa shape index (κ3) is 4.63. The number of nitrogens with zero attached hydrogens (tertiary/aromatic N) is 5. The van der Waals surface area contributed by atoms with Gasteiger partial charge in [0.05, 0.1) is 6.33 Å². The third-order valence-electron chi connectivity index (χ3n) is 5.67. The van der Waals surface area contributed by atoms with E-state index in [1.54, 1.807) is 4.57 Å². The number of piperazine rings is 1. The molecule has 0 unspecified atom stereocenters. The lowest BCUT2D eigenvalue weighted by Gasteiger charge is -2.36. The van der Waals surface area contributed by atoms with Crippen LogP contribution < -0.4 is 4.90 Å². The average Bonchev–Trinajstić information content (AvgIpc) is 3.24. The minimum absolute atomic E-state index is 0.0183. The minimum atomic E-state index is -3.58. The largest absolute Gasteiger partial charge is 0.368 e. The number of aromatic nitrogens is 2. The second kappa shape index (κ2) is 8.95. The third-order valence-corrected chi connectivity index (χ3v) is 7.71. The van der Waals surface area contributed by atoms with E-state index in [2.05, 4.69) is 9.88 Å². The number of sulfonamides is 1. The standard InChI is InChI=1S/C20H26ClN5O3S/c21-17-4-6-18(7-5-17)24-10-12-25(13-11-24)20(27)15-23-14-19(22-16-23)30(28,29)26-8-2-1-3-9-26/h4-7,14,16H,1-3,8-13,15H2. The average molecular weight is 452 g/mol. The van der Waals surface area contributed by atoms with Crippen LogP contribution >= 0.6 is 11.6 Å². The molecule has 8 nitrogen and oxygen atoms in total. The maximum Gasteiger partial charge on any atom is 0.262 e. The smallest absolute Gasteiger partial charge is 0.262 e. The van der Waals surface area contributed by atoms with E-state index < -0.39 is 10.0 Å². The van der Waals surface area contributed by atoms with Gasteiger partial charge in [-0.25, -0.2) is 13.4 Å². The molecule has 2 aliphatic rings. The predicted octanol–water partition coefficient (Wildman–Crippen LogP) is 2.06. The van der Waals surface area contributed by atoms with Crippen molar-refractivity contribution in [3.8, 4) is 0 Å². The highest BCUT2D eigenvalue weighted by atomic mass is 35.5. The zero-order valence-corrected chi connectivity index (χ0v) is 18.4. The quantitative estimate of drug-likeness (QED) is 0.695. The van der Waals surface area contributed by atoms with Gasteiger partial charge in [0.2, 0.25) is 5.91 Å². The SMILES string of the molecule is O=C(Cn1cnc(S(=O)(=O)N2CCCCC2)c1)N1CCN(c2ccc(Cl)cc2)CC1. The normalized spacial score (nSPS) is 18.6. The molecule has 0 radical (unpaired) electrons. The van der Waals surface area contributed by atoms with Crippen LogP contribution in [0.25, 0.3) is 0 Å². The van der Waals surface area contributed by atoms with Crippen molar-refractivity contribution in [2.75, 3.05) is 44.2 Å². The van der Waals surface area contributed by atoms with E-state index in [9.17, 15) is 13.2 Å². The van der Waals surface area contributed by atoms with Gasteiger partial charge < -0.3 is 14.4 Å². The number of carbonyl (C=O) groups is 1. The summed E-state index contributed by atoms with van der Waals surface area (Å²) in [6.07, 6.45) is 5.70. The first-order chi connectivity index (χ1) is 14.4. The van der Waals surface area contributed by atoms with E-state index in [1.807, 2.05) is 29.2 Å². The van der Waals surface area contributed by atoms with E-state index in [0.29, 0.717) is 31.2 Å². The van der Waals surface area contributed by atoms with E-state index in [0.717, 1.165) is 38.0 Å². The monoisotopic (exact) mass is 451 g/mol. The molecule has 0 saturated carbocycles. The molecule has 0 aliphatic carbocycles. The van der Waals surface area contributed by atoms with Crippen LogP contribution in [0.5, 0.6) is 0 Å². The van der Waals surface area contributed by atoms with Gasteiger partial charge in [0, 0.05) is 56.2 Å². The fourth-order valence-electron chi connectivity index (χ4n) is 3.92. The summed E-state index contributed by atoms with van der Waals surface area (Å²) in [4.78, 5) is 20.8. The summed E-state index contributed by atoms with van der Waals surface area (Å²) in [5, 5.41) is 0.722. The van der Waals surface area contributed by atoms with Crippen molar-refractivity contribution < 1.29 is 13.2 Å². The molecule has 2 saturated heterocycles. The highest BCUT2D eigenvalue weighted by Crippen LogP contribution is 2.21. The number of amides is 1. The Morgan fingerprint density at radius 3 is 2.30 bits per heavy atom. The second-order valence-electron chi connectivity index (χ2n) is 7.69. The molecular weight excluding hydrogens is 426 g/mol. The molecule has 30 heavy (non-hydrogen) atoms. The fraction of sp³-hybridized carbons (Fsp3) is 0.500. The lowest BCUT2D eigenvalue weighted by Crippen LogP contribution is -2.49. The van der Waals surface area contributed by atoms with Crippen LogP contribution in [0.1, 0.15) is 19.3 Å². The van der Waals surface area contributed by atoms with Crippen LogP contribution in [0, 0.1) is 0 Å². The summed E-state index contributed by atoms with van der Waals surface area (Å²) in [6.45, 7) is 3.88. The number of benzene rings is 1. The van der Waals surface area contributed by atoms with Gasteiger partial charge in [-0.05, 0) is 37.1 Å². The molecular formula is C20H26ClN5O3S. The van der Waals surface area contributed by atoms with Gasteiger partial charge in [-0.3, -0.25) is 4.79 Å². The summed E-state index contributed by atoms with van der Waals surface area (Å²) in [5.74, 6) is -0.0370. The Kier molecular flexibility index (Phi) is 6.31. The Labute approximate surface area is 182 Å². The molecule has 10 heteroatoms. The summed E-state index contributed by atoms with van der Waals surface area (Å²) >= 11 is 5.95. The van der Waals surface area contributed by atoms with Gasteiger partial charge in [-0.1, -0.05) is 18.0 Å². The first kappa shape index (κ1) is 21.1. The van der Waals surface area contributed by atoms with Crippen LogP contribution in [0.15, 0.2) is 41.8 Å². The molecule has 1 aromatic carbocycles. The molecule has 1 aromatic heterocycles. The van der Waals surface area contributed by atoms with E-state index in [4.69, 9.17) is 11.6 Å². The first-order valence-corrected chi connectivity index (χ1v) is 12.1. The number of imidazole rings is 1. The molecule has 2 aliphatic heterocycles. The lowest BCUT2D eigenvalue weighted by molar-refractivity contribution is -0.132. The van der Waals surface area contributed by atoms with Crippen molar-refractivity contribution in [3.05, 3.63) is 41.8 Å². The Balaban J connectivity index is 1.33. The number of halogens is 1. The number of carbonyl (C=O) groups excluding carboxylic acids is 1. The highest BCUT2D eigenvalue weighted by Gasteiger charge is 2.28. The van der Waals surface area contributed by atoms with Gasteiger partial charge in [0.1, 0.15) is 6.54 Å². The van der Waals surface area contributed by atoms with Crippen LogP contribution in [0.4, 0.5) is 5.69 Å². The van der Waals surface area contributed by atoms with Crippen molar-refractivity contribution >= 4 is 33.2 Å². The van der Waals surface area contributed by atoms with Crippen LogP contribution in [-0.4, -0.2) is 72.3 Å². The molecule has 0 spiro atoms. The van der Waals surface area contributed by atoms with Crippen molar-refractivity contribution in [3.63, 3.8) is 0 Å². The van der Waals surface area contributed by atoms with E-state index >= 15 is 0 Å². The van der Waals surface area contributed by atoms with Crippen molar-refractivity contribution in [1.29, 1.82) is 0 Å². The van der Waals surface area contributed by atoms with Crippen LogP contribution in [-0.2, 0) is 21.4 Å². The Bertz CT molecular complexity index is 978. The summed E-state index contributed by atoms with van der Waals surface area (Å²) < 4.78 is 28.5. The van der Waals surface area contributed by atoms with E-state index in [1.165, 1.54) is 16.8 Å². The fourth-order valence-corrected chi connectivity index (χ4v) is 5.50. The van der Waals surface area contributed by atoms with Gasteiger partial charge in [-0.2, -0.15) is 4.31 Å². The number of rotatable bonds is 5. The van der Waals surface area contributed by atoms with Gasteiger partial charge >= 0.3 is 0 Å². The topological polar surface area (TPSA) is 78.7 Å². The van der Waals surface area contributed by atoms with Gasteiger partial charge in [0.15, 0.2) is 5.03 Å². The van der Waals surface area contributed by atoms with Crippen molar-refractivity contribution in [1.82, 2.24) is 18.8 Å². The molecule has 0 atom stereocenters. The molecule has 0 bridgehead atoms.